The third-order valence-electron chi connectivity index (χ3n) is 2.05. The summed E-state index contributed by atoms with van der Waals surface area (Å²) in [5.41, 5.74) is 0. The number of carbonyl (C=O) groups is 2. The van der Waals surface area contributed by atoms with E-state index in [1.54, 1.807) is 0 Å². The van der Waals surface area contributed by atoms with E-state index in [2.05, 4.69) is 6.58 Å². The monoisotopic (exact) mass is 230 g/mol. The molecule has 0 aromatic carbocycles. The SMILES string of the molecule is C=CN(C=O)CCC(=O)N(CCO)CCO. The smallest absolute Gasteiger partial charge is 0.224 e. The molecule has 2 amide bonds. The van der Waals surface area contributed by atoms with Crippen LogP contribution in [0.2, 0.25) is 0 Å². The van der Waals surface area contributed by atoms with Gasteiger partial charge in [-0.3, -0.25) is 9.59 Å². The Balaban J connectivity index is 4.08. The zero-order valence-corrected chi connectivity index (χ0v) is 9.21. The molecule has 0 unspecified atom stereocenters. The highest BCUT2D eigenvalue weighted by atomic mass is 16.3. The van der Waals surface area contributed by atoms with Crippen molar-refractivity contribution in [2.24, 2.45) is 0 Å². The summed E-state index contributed by atoms with van der Waals surface area (Å²) >= 11 is 0. The third-order valence-corrected chi connectivity index (χ3v) is 2.05. The topological polar surface area (TPSA) is 81.1 Å². The van der Waals surface area contributed by atoms with Gasteiger partial charge in [-0.15, -0.1) is 0 Å². The van der Waals surface area contributed by atoms with Gasteiger partial charge in [-0.05, 0) is 6.20 Å². The van der Waals surface area contributed by atoms with Crippen LogP contribution in [0.1, 0.15) is 6.42 Å². The highest BCUT2D eigenvalue weighted by Crippen LogP contribution is 1.96. The molecule has 0 aliphatic heterocycles. The van der Waals surface area contributed by atoms with Gasteiger partial charge in [0.2, 0.25) is 12.3 Å². The van der Waals surface area contributed by atoms with Gasteiger partial charge in [0.25, 0.3) is 0 Å². The van der Waals surface area contributed by atoms with E-state index >= 15 is 0 Å². The Morgan fingerprint density at radius 2 is 1.75 bits per heavy atom. The number of aliphatic hydroxyl groups is 2. The standard InChI is InChI=1S/C10H18N2O4/c1-2-11(9-15)4-3-10(16)12(5-7-13)6-8-14/h2,9,13-14H,1,3-8H2. The second-order valence-electron chi connectivity index (χ2n) is 3.10. The molecule has 0 rings (SSSR count). The Morgan fingerprint density at radius 1 is 1.19 bits per heavy atom. The average Bonchev–Trinajstić information content (AvgIpc) is 2.30. The van der Waals surface area contributed by atoms with Crippen LogP contribution in [0, 0.1) is 0 Å². The van der Waals surface area contributed by atoms with E-state index in [1.165, 1.54) is 16.0 Å². The molecule has 16 heavy (non-hydrogen) atoms. The molecule has 0 aliphatic rings. The van der Waals surface area contributed by atoms with Crippen LogP contribution in [-0.4, -0.2) is 65.2 Å². The van der Waals surface area contributed by atoms with Crippen LogP contribution >= 0.6 is 0 Å². The number of rotatable bonds is 9. The van der Waals surface area contributed by atoms with Gasteiger partial charge in [0, 0.05) is 26.1 Å². The van der Waals surface area contributed by atoms with Gasteiger partial charge in [0.05, 0.1) is 13.2 Å². The zero-order valence-electron chi connectivity index (χ0n) is 9.21. The largest absolute Gasteiger partial charge is 0.395 e. The first-order chi connectivity index (χ1) is 7.69. The molecule has 0 saturated heterocycles. The van der Waals surface area contributed by atoms with E-state index in [1.807, 2.05) is 0 Å². The molecule has 2 N–H and O–H groups in total. The van der Waals surface area contributed by atoms with Crippen LogP contribution in [-0.2, 0) is 9.59 Å². The van der Waals surface area contributed by atoms with Crippen molar-refractivity contribution in [1.29, 1.82) is 0 Å². The van der Waals surface area contributed by atoms with Crippen LogP contribution in [0.5, 0.6) is 0 Å². The Bertz CT molecular complexity index is 219. The first-order valence-electron chi connectivity index (χ1n) is 5.02. The quantitative estimate of drug-likeness (QED) is 0.487. The number of hydrogen-bond acceptors (Lipinski definition) is 4. The van der Waals surface area contributed by atoms with E-state index in [-0.39, 0.29) is 45.2 Å². The van der Waals surface area contributed by atoms with E-state index in [4.69, 9.17) is 10.2 Å². The third kappa shape index (κ3) is 5.47. The van der Waals surface area contributed by atoms with Crippen LogP contribution < -0.4 is 0 Å². The Labute approximate surface area is 94.8 Å². The summed E-state index contributed by atoms with van der Waals surface area (Å²) in [5, 5.41) is 17.4. The molecule has 0 aromatic rings. The van der Waals surface area contributed by atoms with Gasteiger partial charge in [0.15, 0.2) is 0 Å². The molecule has 0 aromatic heterocycles. The van der Waals surface area contributed by atoms with Gasteiger partial charge in [-0.1, -0.05) is 6.58 Å². The van der Waals surface area contributed by atoms with E-state index in [0.717, 1.165) is 0 Å². The number of nitrogens with zero attached hydrogens (tertiary/aromatic N) is 2. The van der Waals surface area contributed by atoms with Crippen LogP contribution in [0.4, 0.5) is 0 Å². The minimum absolute atomic E-state index is 0.144. The minimum Gasteiger partial charge on any atom is -0.395 e. The molecule has 0 bridgehead atoms. The highest BCUT2D eigenvalue weighted by Gasteiger charge is 2.12. The molecule has 0 saturated carbocycles. The molecule has 0 spiro atoms. The number of aliphatic hydroxyl groups excluding tert-OH is 2. The predicted octanol–water partition coefficient (Wildman–Crippen LogP) is -1.21. The van der Waals surface area contributed by atoms with Crippen molar-refractivity contribution < 1.29 is 19.8 Å². The molecule has 0 heterocycles. The number of carbonyl (C=O) groups excluding carboxylic acids is 2. The number of amides is 2. The van der Waals surface area contributed by atoms with Gasteiger partial charge in [0.1, 0.15) is 0 Å². The van der Waals surface area contributed by atoms with Crippen molar-refractivity contribution in [2.75, 3.05) is 32.8 Å². The maximum Gasteiger partial charge on any atom is 0.224 e. The molecule has 0 atom stereocenters. The fourth-order valence-electron chi connectivity index (χ4n) is 1.17. The molecular formula is C10H18N2O4. The Morgan fingerprint density at radius 3 is 2.12 bits per heavy atom. The second-order valence-corrected chi connectivity index (χ2v) is 3.10. The van der Waals surface area contributed by atoms with Crippen molar-refractivity contribution in [3.05, 3.63) is 12.8 Å². The van der Waals surface area contributed by atoms with Crippen molar-refractivity contribution in [3.8, 4) is 0 Å². The number of hydrogen-bond donors (Lipinski definition) is 2. The summed E-state index contributed by atoms with van der Waals surface area (Å²) in [6, 6.07) is 0. The van der Waals surface area contributed by atoms with Crippen LogP contribution in [0.25, 0.3) is 0 Å². The highest BCUT2D eigenvalue weighted by molar-refractivity contribution is 5.76. The normalized spacial score (nSPS) is 9.62. The summed E-state index contributed by atoms with van der Waals surface area (Å²) in [6.45, 7) is 3.75. The van der Waals surface area contributed by atoms with Gasteiger partial charge in [-0.25, -0.2) is 0 Å². The first kappa shape index (κ1) is 14.6. The van der Waals surface area contributed by atoms with Gasteiger partial charge in [-0.2, -0.15) is 0 Å². The molecule has 6 nitrogen and oxygen atoms in total. The van der Waals surface area contributed by atoms with Gasteiger partial charge < -0.3 is 20.0 Å². The van der Waals surface area contributed by atoms with Crippen molar-refractivity contribution in [3.63, 3.8) is 0 Å². The van der Waals surface area contributed by atoms with Crippen molar-refractivity contribution in [1.82, 2.24) is 9.80 Å². The lowest BCUT2D eigenvalue weighted by Gasteiger charge is -2.21. The predicted molar refractivity (Wildman–Crippen MR) is 58.3 cm³/mol. The second kappa shape index (κ2) is 8.87. The summed E-state index contributed by atoms with van der Waals surface area (Å²) in [7, 11) is 0. The summed E-state index contributed by atoms with van der Waals surface area (Å²) in [5.74, 6) is -0.211. The lowest BCUT2D eigenvalue weighted by atomic mass is 10.3. The maximum atomic E-state index is 11.6. The lowest BCUT2D eigenvalue weighted by molar-refractivity contribution is -0.132. The fourth-order valence-corrected chi connectivity index (χ4v) is 1.17. The molecule has 6 heteroatoms. The molecule has 0 radical (unpaired) electrons. The molecule has 0 fully saturated rings. The maximum absolute atomic E-state index is 11.6. The molecule has 0 aliphatic carbocycles. The summed E-state index contributed by atoms with van der Waals surface area (Å²) in [4.78, 5) is 24.6. The van der Waals surface area contributed by atoms with E-state index in [0.29, 0.717) is 6.41 Å². The zero-order chi connectivity index (χ0) is 12.4. The average molecular weight is 230 g/mol. The minimum atomic E-state index is -0.211. The Hall–Kier alpha value is -1.40. The summed E-state index contributed by atoms with van der Waals surface area (Å²) in [6.07, 6.45) is 2.07. The van der Waals surface area contributed by atoms with E-state index in [9.17, 15) is 9.59 Å². The lowest BCUT2D eigenvalue weighted by Crippen LogP contribution is -2.37. The fraction of sp³-hybridized carbons (Fsp3) is 0.600. The molecular weight excluding hydrogens is 212 g/mol. The van der Waals surface area contributed by atoms with Gasteiger partial charge >= 0.3 is 0 Å². The van der Waals surface area contributed by atoms with E-state index < -0.39 is 0 Å². The van der Waals surface area contributed by atoms with Crippen molar-refractivity contribution >= 4 is 12.3 Å². The van der Waals surface area contributed by atoms with Crippen LogP contribution in [0.15, 0.2) is 12.8 Å². The van der Waals surface area contributed by atoms with Crippen molar-refractivity contribution in [2.45, 2.75) is 6.42 Å². The Kier molecular flexibility index (Phi) is 8.10. The summed E-state index contributed by atoms with van der Waals surface area (Å²) < 4.78 is 0. The first-order valence-corrected chi connectivity index (χ1v) is 5.02. The van der Waals surface area contributed by atoms with Crippen LogP contribution in [0.3, 0.4) is 0 Å². The molecule has 92 valence electrons.